The van der Waals surface area contributed by atoms with E-state index in [1.165, 1.54) is 6.42 Å². The maximum absolute atomic E-state index is 6.29. The predicted octanol–water partition coefficient (Wildman–Crippen LogP) is 3.77. The molecule has 1 aromatic rings. The lowest BCUT2D eigenvalue weighted by atomic mass is 10.0. The van der Waals surface area contributed by atoms with Crippen LogP contribution >= 0.6 is 27.5 Å². The van der Waals surface area contributed by atoms with Crippen LogP contribution in [-0.4, -0.2) is 50.1 Å². The third-order valence-corrected chi connectivity index (χ3v) is 4.47. The van der Waals surface area contributed by atoms with Gasteiger partial charge in [-0.05, 0) is 70.8 Å². The van der Waals surface area contributed by atoms with Crippen LogP contribution in [0.3, 0.4) is 0 Å². The zero-order valence-corrected chi connectivity index (χ0v) is 15.6. The van der Waals surface area contributed by atoms with Crippen LogP contribution in [-0.2, 0) is 0 Å². The van der Waals surface area contributed by atoms with Crippen molar-refractivity contribution in [1.82, 2.24) is 9.80 Å². The Kier molecular flexibility index (Phi) is 8.83. The molecule has 0 aliphatic carbocycles. The van der Waals surface area contributed by atoms with E-state index in [9.17, 15) is 0 Å². The van der Waals surface area contributed by atoms with Gasteiger partial charge in [0.1, 0.15) is 0 Å². The average molecular weight is 377 g/mol. The lowest BCUT2D eigenvalue weighted by Crippen LogP contribution is -2.30. The van der Waals surface area contributed by atoms with Gasteiger partial charge in [0.2, 0.25) is 0 Å². The maximum Gasteiger partial charge on any atom is 0.0464 e. The summed E-state index contributed by atoms with van der Waals surface area (Å²) in [4.78, 5) is 4.68. The van der Waals surface area contributed by atoms with E-state index in [0.29, 0.717) is 0 Å². The van der Waals surface area contributed by atoms with Crippen LogP contribution in [0.5, 0.6) is 0 Å². The molecule has 21 heavy (non-hydrogen) atoms. The van der Waals surface area contributed by atoms with Gasteiger partial charge in [-0.2, -0.15) is 0 Å². The second-order valence-corrected chi connectivity index (χ2v) is 6.97. The van der Waals surface area contributed by atoms with Crippen molar-refractivity contribution in [3.05, 3.63) is 33.3 Å². The normalized spacial score (nSPS) is 13.1. The van der Waals surface area contributed by atoms with Gasteiger partial charge in [0.25, 0.3) is 0 Å². The minimum Gasteiger partial charge on any atom is -0.324 e. The van der Waals surface area contributed by atoms with Crippen molar-refractivity contribution >= 4 is 27.5 Å². The molecule has 0 heterocycles. The zero-order valence-electron chi connectivity index (χ0n) is 13.3. The van der Waals surface area contributed by atoms with Crippen molar-refractivity contribution in [3.63, 3.8) is 0 Å². The van der Waals surface area contributed by atoms with Crippen molar-refractivity contribution in [2.75, 3.05) is 40.3 Å². The van der Waals surface area contributed by atoms with E-state index >= 15 is 0 Å². The minimum absolute atomic E-state index is 0.00602. The largest absolute Gasteiger partial charge is 0.324 e. The molecule has 0 saturated heterocycles. The topological polar surface area (TPSA) is 32.5 Å². The first kappa shape index (κ1) is 18.9. The van der Waals surface area contributed by atoms with Crippen molar-refractivity contribution in [1.29, 1.82) is 0 Å². The smallest absolute Gasteiger partial charge is 0.0464 e. The Morgan fingerprint density at radius 2 is 1.95 bits per heavy atom. The average Bonchev–Trinajstić information content (AvgIpc) is 2.41. The molecule has 1 aromatic carbocycles. The molecule has 1 unspecified atom stereocenters. The van der Waals surface area contributed by atoms with Crippen LogP contribution in [0, 0.1) is 0 Å². The number of benzene rings is 1. The van der Waals surface area contributed by atoms with Crippen LogP contribution < -0.4 is 5.73 Å². The zero-order chi connectivity index (χ0) is 15.8. The van der Waals surface area contributed by atoms with Gasteiger partial charge in [0, 0.05) is 15.5 Å². The SMILES string of the molecule is CCN(CCCN(C)C)CCC(N)c1ccc(Br)cc1Cl. The van der Waals surface area contributed by atoms with E-state index < -0.39 is 0 Å². The van der Waals surface area contributed by atoms with Crippen molar-refractivity contribution in [2.45, 2.75) is 25.8 Å². The van der Waals surface area contributed by atoms with Crippen LogP contribution in [0.4, 0.5) is 0 Å². The highest BCUT2D eigenvalue weighted by molar-refractivity contribution is 9.10. The summed E-state index contributed by atoms with van der Waals surface area (Å²) >= 11 is 9.68. The molecule has 0 amide bonds. The van der Waals surface area contributed by atoms with E-state index in [-0.39, 0.29) is 6.04 Å². The number of nitrogens with zero attached hydrogens (tertiary/aromatic N) is 2. The second-order valence-electron chi connectivity index (χ2n) is 5.65. The summed E-state index contributed by atoms with van der Waals surface area (Å²) in [6, 6.07) is 5.91. The number of nitrogens with two attached hydrogens (primary N) is 1. The van der Waals surface area contributed by atoms with Crippen molar-refractivity contribution < 1.29 is 0 Å². The van der Waals surface area contributed by atoms with Crippen LogP contribution in [0.15, 0.2) is 22.7 Å². The van der Waals surface area contributed by atoms with Crippen LogP contribution in [0.25, 0.3) is 0 Å². The summed E-state index contributed by atoms with van der Waals surface area (Å²) in [6.45, 7) is 6.52. The summed E-state index contributed by atoms with van der Waals surface area (Å²) in [6.07, 6.45) is 2.12. The standard InChI is InChI=1S/C16H27BrClN3/c1-4-21(10-5-9-20(2)3)11-8-16(19)14-7-6-13(17)12-15(14)18/h6-7,12,16H,4-5,8-11,19H2,1-3H3. The van der Waals surface area contributed by atoms with Gasteiger partial charge in [0.05, 0.1) is 0 Å². The monoisotopic (exact) mass is 375 g/mol. The van der Waals surface area contributed by atoms with Crippen LogP contribution in [0.1, 0.15) is 31.4 Å². The number of hydrogen-bond donors (Lipinski definition) is 1. The molecule has 120 valence electrons. The Labute approximate surface area is 142 Å². The van der Waals surface area contributed by atoms with Gasteiger partial charge in [-0.1, -0.05) is 40.5 Å². The number of rotatable bonds is 9. The fourth-order valence-electron chi connectivity index (χ4n) is 2.32. The highest BCUT2D eigenvalue weighted by Gasteiger charge is 2.12. The summed E-state index contributed by atoms with van der Waals surface area (Å²) in [5, 5.41) is 0.743. The molecule has 1 atom stereocenters. The summed E-state index contributed by atoms with van der Waals surface area (Å²) in [5.41, 5.74) is 7.32. The predicted molar refractivity (Wildman–Crippen MR) is 96.0 cm³/mol. The molecule has 0 fully saturated rings. The molecule has 1 rings (SSSR count). The summed E-state index contributed by atoms with van der Waals surface area (Å²) in [5.74, 6) is 0. The molecule has 2 N–H and O–H groups in total. The van der Waals surface area contributed by atoms with Gasteiger partial charge >= 0.3 is 0 Å². The molecule has 0 radical (unpaired) electrons. The molecule has 0 bridgehead atoms. The first-order valence-electron chi connectivity index (χ1n) is 7.51. The Balaban J connectivity index is 2.44. The fraction of sp³-hybridized carbons (Fsp3) is 0.625. The van der Waals surface area contributed by atoms with Crippen LogP contribution in [0.2, 0.25) is 5.02 Å². The fourth-order valence-corrected chi connectivity index (χ4v) is 3.13. The Morgan fingerprint density at radius 1 is 1.24 bits per heavy atom. The van der Waals surface area contributed by atoms with Gasteiger partial charge in [-0.25, -0.2) is 0 Å². The maximum atomic E-state index is 6.29. The number of halogens is 2. The van der Waals surface area contributed by atoms with Gasteiger partial charge in [0.15, 0.2) is 0 Å². The lowest BCUT2D eigenvalue weighted by Gasteiger charge is -2.23. The van der Waals surface area contributed by atoms with E-state index in [2.05, 4.69) is 46.7 Å². The number of hydrogen-bond acceptors (Lipinski definition) is 3. The second kappa shape index (κ2) is 9.80. The molecule has 0 saturated carbocycles. The highest BCUT2D eigenvalue weighted by Crippen LogP contribution is 2.27. The molecule has 0 aliphatic heterocycles. The van der Waals surface area contributed by atoms with Gasteiger partial charge < -0.3 is 15.5 Å². The van der Waals surface area contributed by atoms with E-state index in [1.54, 1.807) is 0 Å². The Hall–Kier alpha value is -0.130. The van der Waals surface area contributed by atoms with E-state index in [4.69, 9.17) is 17.3 Å². The van der Waals surface area contributed by atoms with E-state index in [0.717, 1.165) is 47.7 Å². The quantitative estimate of drug-likeness (QED) is 0.712. The molecular weight excluding hydrogens is 350 g/mol. The summed E-state index contributed by atoms with van der Waals surface area (Å²) in [7, 11) is 4.23. The Morgan fingerprint density at radius 3 is 2.52 bits per heavy atom. The molecule has 0 aliphatic rings. The van der Waals surface area contributed by atoms with E-state index in [1.807, 2.05) is 18.2 Å². The van der Waals surface area contributed by atoms with Crippen molar-refractivity contribution in [2.24, 2.45) is 5.73 Å². The molecule has 5 heteroatoms. The first-order chi connectivity index (χ1) is 9.93. The Bertz CT molecular complexity index is 426. The first-order valence-corrected chi connectivity index (χ1v) is 8.68. The minimum atomic E-state index is -0.00602. The van der Waals surface area contributed by atoms with Gasteiger partial charge in [-0.15, -0.1) is 0 Å². The third-order valence-electron chi connectivity index (χ3n) is 3.65. The van der Waals surface area contributed by atoms with Gasteiger partial charge in [-0.3, -0.25) is 0 Å². The third kappa shape index (κ3) is 7.11. The molecule has 0 spiro atoms. The highest BCUT2D eigenvalue weighted by atomic mass is 79.9. The van der Waals surface area contributed by atoms with Crippen molar-refractivity contribution in [3.8, 4) is 0 Å². The summed E-state index contributed by atoms with van der Waals surface area (Å²) < 4.78 is 0.988. The molecule has 3 nitrogen and oxygen atoms in total. The lowest BCUT2D eigenvalue weighted by molar-refractivity contribution is 0.257. The molecule has 0 aromatic heterocycles. The molecular formula is C16H27BrClN3.